The highest BCUT2D eigenvalue weighted by Crippen LogP contribution is 2.33. The standard InChI is InChI=1S/C25H25N5O4S/c1-16(24(31)27-18-10-12-20(13-11-18)34-19-7-5-4-6-8-19)35-25-29-28-23(30(25)26)17-9-14-21(32-2)22(15-17)33-3/h4-16H,26H2,1-3H3,(H,27,31). The quantitative estimate of drug-likeness (QED) is 0.258. The van der Waals surface area contributed by atoms with E-state index in [0.717, 1.165) is 5.75 Å². The first-order valence-electron chi connectivity index (χ1n) is 10.7. The Morgan fingerprint density at radius 2 is 1.63 bits per heavy atom. The molecule has 0 bridgehead atoms. The predicted molar refractivity (Wildman–Crippen MR) is 136 cm³/mol. The molecule has 1 heterocycles. The Balaban J connectivity index is 1.39. The Morgan fingerprint density at radius 1 is 0.943 bits per heavy atom. The first-order chi connectivity index (χ1) is 17.0. The highest BCUT2D eigenvalue weighted by atomic mass is 32.2. The van der Waals surface area contributed by atoms with Gasteiger partial charge in [0.2, 0.25) is 11.1 Å². The second kappa shape index (κ2) is 10.8. The van der Waals surface area contributed by atoms with Crippen molar-refractivity contribution in [1.29, 1.82) is 0 Å². The van der Waals surface area contributed by atoms with Gasteiger partial charge < -0.3 is 25.4 Å². The summed E-state index contributed by atoms with van der Waals surface area (Å²) < 4.78 is 17.7. The number of ether oxygens (including phenoxy) is 3. The zero-order valence-electron chi connectivity index (χ0n) is 19.5. The van der Waals surface area contributed by atoms with Gasteiger partial charge in [0.15, 0.2) is 17.3 Å². The summed E-state index contributed by atoms with van der Waals surface area (Å²) in [5.41, 5.74) is 1.36. The zero-order valence-corrected chi connectivity index (χ0v) is 20.3. The number of methoxy groups -OCH3 is 2. The third-order valence-electron chi connectivity index (χ3n) is 5.06. The first-order valence-corrected chi connectivity index (χ1v) is 11.6. The lowest BCUT2D eigenvalue weighted by atomic mass is 10.2. The Kier molecular flexibility index (Phi) is 7.41. The smallest absolute Gasteiger partial charge is 0.237 e. The Bertz CT molecular complexity index is 1300. The maximum Gasteiger partial charge on any atom is 0.237 e. The van der Waals surface area contributed by atoms with E-state index in [0.29, 0.717) is 39.5 Å². The summed E-state index contributed by atoms with van der Waals surface area (Å²) >= 11 is 1.21. The van der Waals surface area contributed by atoms with Gasteiger partial charge >= 0.3 is 0 Å². The number of benzene rings is 3. The average Bonchev–Trinajstić information content (AvgIpc) is 3.25. The van der Waals surface area contributed by atoms with E-state index in [2.05, 4.69) is 15.5 Å². The summed E-state index contributed by atoms with van der Waals surface area (Å²) in [6.07, 6.45) is 0. The summed E-state index contributed by atoms with van der Waals surface area (Å²) in [6, 6.07) is 22.0. The maximum absolute atomic E-state index is 12.7. The SMILES string of the molecule is COc1ccc(-c2nnc(SC(C)C(=O)Nc3ccc(Oc4ccccc4)cc3)n2N)cc1OC. The number of carbonyl (C=O) groups is 1. The number of para-hydroxylation sites is 1. The van der Waals surface area contributed by atoms with E-state index in [1.165, 1.54) is 16.4 Å². The average molecular weight is 492 g/mol. The number of hydrogen-bond acceptors (Lipinski definition) is 8. The van der Waals surface area contributed by atoms with Crippen LogP contribution < -0.4 is 25.4 Å². The number of thioether (sulfide) groups is 1. The molecule has 35 heavy (non-hydrogen) atoms. The molecule has 0 fully saturated rings. The van der Waals surface area contributed by atoms with E-state index in [4.69, 9.17) is 20.1 Å². The number of amides is 1. The highest BCUT2D eigenvalue weighted by molar-refractivity contribution is 8.00. The van der Waals surface area contributed by atoms with Crippen molar-refractivity contribution in [3.8, 4) is 34.4 Å². The molecular weight excluding hydrogens is 466 g/mol. The summed E-state index contributed by atoms with van der Waals surface area (Å²) in [4.78, 5) is 12.7. The molecule has 3 aromatic carbocycles. The normalized spacial score (nSPS) is 11.5. The summed E-state index contributed by atoms with van der Waals surface area (Å²) in [7, 11) is 3.12. The summed E-state index contributed by atoms with van der Waals surface area (Å²) in [5, 5.41) is 11.2. The monoisotopic (exact) mass is 491 g/mol. The molecule has 0 aliphatic carbocycles. The van der Waals surface area contributed by atoms with Gasteiger partial charge in [0.1, 0.15) is 11.5 Å². The molecule has 9 nitrogen and oxygen atoms in total. The van der Waals surface area contributed by atoms with Crippen molar-refractivity contribution in [3.63, 3.8) is 0 Å². The third kappa shape index (κ3) is 5.67. The van der Waals surface area contributed by atoms with Crippen molar-refractivity contribution in [1.82, 2.24) is 14.9 Å². The molecule has 0 saturated carbocycles. The van der Waals surface area contributed by atoms with Crippen LogP contribution in [0.25, 0.3) is 11.4 Å². The van der Waals surface area contributed by atoms with Crippen LogP contribution in [0, 0.1) is 0 Å². The van der Waals surface area contributed by atoms with Gasteiger partial charge in [-0.2, -0.15) is 0 Å². The minimum atomic E-state index is -0.472. The fourth-order valence-corrected chi connectivity index (χ4v) is 3.99. The molecule has 0 spiro atoms. The maximum atomic E-state index is 12.7. The molecule has 1 aromatic heterocycles. The van der Waals surface area contributed by atoms with Gasteiger partial charge in [0.05, 0.1) is 19.5 Å². The summed E-state index contributed by atoms with van der Waals surface area (Å²) in [6.45, 7) is 1.78. The third-order valence-corrected chi connectivity index (χ3v) is 6.12. The molecule has 0 saturated heterocycles. The van der Waals surface area contributed by atoms with E-state index in [-0.39, 0.29) is 5.91 Å². The molecule has 1 amide bonds. The lowest BCUT2D eigenvalue weighted by Crippen LogP contribution is -2.23. The van der Waals surface area contributed by atoms with Gasteiger partial charge in [0.25, 0.3) is 0 Å². The van der Waals surface area contributed by atoms with Crippen LogP contribution in [0.5, 0.6) is 23.0 Å². The van der Waals surface area contributed by atoms with Crippen LogP contribution in [0.4, 0.5) is 5.69 Å². The van der Waals surface area contributed by atoms with Gasteiger partial charge in [-0.25, -0.2) is 4.68 Å². The Hall–Kier alpha value is -4.18. The molecule has 3 N–H and O–H groups in total. The summed E-state index contributed by atoms with van der Waals surface area (Å²) in [5.74, 6) is 9.05. The molecule has 4 rings (SSSR count). The molecule has 180 valence electrons. The van der Waals surface area contributed by atoms with E-state index >= 15 is 0 Å². The lowest BCUT2D eigenvalue weighted by molar-refractivity contribution is -0.115. The number of nitrogens with zero attached hydrogens (tertiary/aromatic N) is 3. The molecule has 0 aliphatic heterocycles. The van der Waals surface area contributed by atoms with E-state index in [1.807, 2.05) is 36.4 Å². The van der Waals surface area contributed by atoms with Crippen LogP contribution in [-0.4, -0.2) is 40.3 Å². The largest absolute Gasteiger partial charge is 0.493 e. The predicted octanol–water partition coefficient (Wildman–Crippen LogP) is 4.59. The molecule has 1 atom stereocenters. The van der Waals surface area contributed by atoms with Gasteiger partial charge in [-0.05, 0) is 61.5 Å². The zero-order chi connectivity index (χ0) is 24.8. The van der Waals surface area contributed by atoms with Gasteiger partial charge in [-0.3, -0.25) is 4.79 Å². The topological polar surface area (TPSA) is 114 Å². The van der Waals surface area contributed by atoms with Crippen LogP contribution >= 0.6 is 11.8 Å². The van der Waals surface area contributed by atoms with Crippen LogP contribution in [-0.2, 0) is 4.79 Å². The number of hydrogen-bond donors (Lipinski definition) is 2. The molecule has 0 aliphatic rings. The van der Waals surface area contributed by atoms with Crippen molar-refractivity contribution >= 4 is 23.4 Å². The van der Waals surface area contributed by atoms with Crippen LogP contribution in [0.15, 0.2) is 78.0 Å². The van der Waals surface area contributed by atoms with Crippen LogP contribution in [0.3, 0.4) is 0 Å². The number of nitrogen functional groups attached to an aromatic ring is 1. The number of rotatable bonds is 9. The number of nitrogens with two attached hydrogens (primary N) is 1. The van der Waals surface area contributed by atoms with Crippen LogP contribution in [0.2, 0.25) is 0 Å². The molecule has 0 radical (unpaired) electrons. The molecule has 10 heteroatoms. The lowest BCUT2D eigenvalue weighted by Gasteiger charge is -2.12. The van der Waals surface area contributed by atoms with Crippen molar-refractivity contribution < 1.29 is 19.0 Å². The van der Waals surface area contributed by atoms with Crippen molar-refractivity contribution in [2.75, 3.05) is 25.4 Å². The van der Waals surface area contributed by atoms with E-state index in [9.17, 15) is 4.79 Å². The van der Waals surface area contributed by atoms with Gasteiger partial charge in [-0.1, -0.05) is 30.0 Å². The number of aromatic nitrogens is 3. The van der Waals surface area contributed by atoms with Crippen molar-refractivity contribution in [2.24, 2.45) is 0 Å². The molecule has 1 unspecified atom stereocenters. The minimum Gasteiger partial charge on any atom is -0.493 e. The second-order valence-corrected chi connectivity index (χ2v) is 8.74. The van der Waals surface area contributed by atoms with Gasteiger partial charge in [0, 0.05) is 11.3 Å². The van der Waals surface area contributed by atoms with Crippen molar-refractivity contribution in [2.45, 2.75) is 17.3 Å². The highest BCUT2D eigenvalue weighted by Gasteiger charge is 2.21. The first kappa shape index (κ1) is 24.0. The minimum absolute atomic E-state index is 0.192. The number of nitrogens with one attached hydrogen (secondary N) is 1. The number of carbonyl (C=O) groups excluding carboxylic acids is 1. The molecular formula is C25H25N5O4S. The Labute approximate surface area is 207 Å². The van der Waals surface area contributed by atoms with E-state index < -0.39 is 5.25 Å². The fourth-order valence-electron chi connectivity index (χ4n) is 3.22. The fraction of sp³-hybridized carbons (Fsp3) is 0.160. The van der Waals surface area contributed by atoms with E-state index in [1.54, 1.807) is 57.5 Å². The Morgan fingerprint density at radius 3 is 2.31 bits per heavy atom. The van der Waals surface area contributed by atoms with Crippen LogP contribution in [0.1, 0.15) is 6.92 Å². The van der Waals surface area contributed by atoms with Gasteiger partial charge in [-0.15, -0.1) is 10.2 Å². The molecule has 4 aromatic rings. The second-order valence-electron chi connectivity index (χ2n) is 7.43. The van der Waals surface area contributed by atoms with Crippen molar-refractivity contribution in [3.05, 3.63) is 72.8 Å². The number of anilines is 1.